The maximum atomic E-state index is 11.0. The Labute approximate surface area is 123 Å². The molecule has 2 rings (SSSR count). The average Bonchev–Trinajstić information content (AvgIpc) is 2.93. The van der Waals surface area contributed by atoms with Gasteiger partial charge in [-0.25, -0.2) is 0 Å². The minimum Gasteiger partial charge on any atom is -0.366 e. The van der Waals surface area contributed by atoms with Gasteiger partial charge in [-0.1, -0.05) is 32.0 Å². The highest BCUT2D eigenvalue weighted by Crippen LogP contribution is 2.26. The molecule has 1 aromatic carbocycles. The first-order chi connectivity index (χ1) is 9.58. The lowest BCUT2D eigenvalue weighted by Gasteiger charge is -2.21. The van der Waals surface area contributed by atoms with Crippen molar-refractivity contribution in [3.05, 3.63) is 57.8 Å². The molecule has 0 bridgehead atoms. The molecule has 1 amide bonds. The zero-order valence-electron chi connectivity index (χ0n) is 11.8. The van der Waals surface area contributed by atoms with Crippen molar-refractivity contribution >= 4 is 17.2 Å². The molecule has 1 aromatic heterocycles. The van der Waals surface area contributed by atoms with Crippen LogP contribution in [0.4, 0.5) is 0 Å². The Hall–Kier alpha value is -1.65. The van der Waals surface area contributed by atoms with E-state index in [1.807, 2.05) is 12.1 Å². The summed E-state index contributed by atoms with van der Waals surface area (Å²) in [5.74, 6) is 0.140. The third-order valence-corrected chi connectivity index (χ3v) is 4.24. The number of rotatable bonds is 6. The molecule has 1 atom stereocenters. The summed E-state index contributed by atoms with van der Waals surface area (Å²) >= 11 is 1.78. The maximum Gasteiger partial charge on any atom is 0.248 e. The number of nitrogens with one attached hydrogen (secondary N) is 1. The molecule has 0 aliphatic heterocycles. The number of nitrogens with two attached hydrogens (primary N) is 1. The molecule has 0 saturated heterocycles. The number of hydrogen-bond acceptors (Lipinski definition) is 3. The molecule has 0 fully saturated rings. The molecular formula is C16H20N2OS. The van der Waals surface area contributed by atoms with E-state index in [4.69, 9.17) is 5.73 Å². The van der Waals surface area contributed by atoms with E-state index in [1.54, 1.807) is 23.5 Å². The van der Waals surface area contributed by atoms with Crippen molar-refractivity contribution in [1.82, 2.24) is 5.32 Å². The molecule has 106 valence electrons. The molecule has 1 heterocycles. The van der Waals surface area contributed by atoms with Gasteiger partial charge in [0.25, 0.3) is 0 Å². The lowest BCUT2D eigenvalue weighted by Crippen LogP contribution is -2.24. The predicted octanol–water partition coefficient (Wildman–Crippen LogP) is 3.33. The van der Waals surface area contributed by atoms with Gasteiger partial charge in [0.2, 0.25) is 5.91 Å². The normalized spacial score (nSPS) is 12.6. The van der Waals surface area contributed by atoms with Crippen molar-refractivity contribution in [2.24, 2.45) is 11.7 Å². The molecule has 2 aromatic rings. The highest BCUT2D eigenvalue weighted by atomic mass is 32.1. The summed E-state index contributed by atoms with van der Waals surface area (Å²) in [6.45, 7) is 5.21. The maximum absolute atomic E-state index is 11.0. The first kappa shape index (κ1) is 14.8. The van der Waals surface area contributed by atoms with E-state index in [-0.39, 0.29) is 5.91 Å². The largest absolute Gasteiger partial charge is 0.366 e. The Bertz CT molecular complexity index is 546. The highest BCUT2D eigenvalue weighted by Gasteiger charge is 2.15. The van der Waals surface area contributed by atoms with E-state index in [1.165, 1.54) is 4.88 Å². The molecule has 3 N–H and O–H groups in total. The number of carbonyl (C=O) groups is 1. The van der Waals surface area contributed by atoms with Crippen LogP contribution in [-0.4, -0.2) is 5.91 Å². The Balaban J connectivity index is 2.01. The molecular weight excluding hydrogens is 268 g/mol. The van der Waals surface area contributed by atoms with Gasteiger partial charge in [0.15, 0.2) is 0 Å². The van der Waals surface area contributed by atoms with Crippen molar-refractivity contribution in [2.45, 2.75) is 26.4 Å². The number of hydrogen-bond donors (Lipinski definition) is 2. The van der Waals surface area contributed by atoms with Crippen LogP contribution in [0.25, 0.3) is 0 Å². The quantitative estimate of drug-likeness (QED) is 0.856. The zero-order valence-corrected chi connectivity index (χ0v) is 12.6. The van der Waals surface area contributed by atoms with Crippen molar-refractivity contribution in [3.63, 3.8) is 0 Å². The first-order valence-electron chi connectivity index (χ1n) is 6.73. The Kier molecular flexibility index (Phi) is 4.93. The monoisotopic (exact) mass is 288 g/mol. The van der Waals surface area contributed by atoms with Crippen LogP contribution in [0.1, 0.15) is 40.7 Å². The van der Waals surface area contributed by atoms with Crippen LogP contribution in [0.5, 0.6) is 0 Å². The number of benzene rings is 1. The highest BCUT2D eigenvalue weighted by molar-refractivity contribution is 7.10. The fraction of sp³-hybridized carbons (Fsp3) is 0.312. The summed E-state index contributed by atoms with van der Waals surface area (Å²) in [5.41, 5.74) is 6.94. The second kappa shape index (κ2) is 6.68. The molecule has 20 heavy (non-hydrogen) atoms. The number of primary amides is 1. The fourth-order valence-corrected chi connectivity index (χ4v) is 3.12. The van der Waals surface area contributed by atoms with Gasteiger partial charge in [-0.2, -0.15) is 0 Å². The van der Waals surface area contributed by atoms with Gasteiger partial charge < -0.3 is 11.1 Å². The van der Waals surface area contributed by atoms with E-state index >= 15 is 0 Å². The third kappa shape index (κ3) is 3.68. The van der Waals surface area contributed by atoms with Crippen LogP contribution in [0.3, 0.4) is 0 Å². The van der Waals surface area contributed by atoms with Gasteiger partial charge in [0.1, 0.15) is 0 Å². The van der Waals surface area contributed by atoms with Crippen molar-refractivity contribution in [1.29, 1.82) is 0 Å². The zero-order chi connectivity index (χ0) is 14.5. The van der Waals surface area contributed by atoms with Gasteiger partial charge in [-0.15, -0.1) is 11.3 Å². The van der Waals surface area contributed by atoms with Crippen LogP contribution in [0.15, 0.2) is 41.8 Å². The first-order valence-corrected chi connectivity index (χ1v) is 7.61. The Morgan fingerprint density at radius 1 is 1.25 bits per heavy atom. The summed E-state index contributed by atoms with van der Waals surface area (Å²) in [6.07, 6.45) is 0. The molecule has 0 aliphatic rings. The Morgan fingerprint density at radius 2 is 1.95 bits per heavy atom. The minimum atomic E-state index is -0.386. The van der Waals surface area contributed by atoms with E-state index in [0.29, 0.717) is 17.5 Å². The molecule has 0 spiro atoms. The topological polar surface area (TPSA) is 55.1 Å². The van der Waals surface area contributed by atoms with Gasteiger partial charge in [-0.3, -0.25) is 4.79 Å². The Morgan fingerprint density at radius 3 is 2.45 bits per heavy atom. The predicted molar refractivity (Wildman–Crippen MR) is 83.7 cm³/mol. The van der Waals surface area contributed by atoms with Crippen molar-refractivity contribution in [3.8, 4) is 0 Å². The molecule has 0 aliphatic carbocycles. The number of thiophene rings is 1. The van der Waals surface area contributed by atoms with Crippen LogP contribution >= 0.6 is 11.3 Å². The van der Waals surface area contributed by atoms with E-state index in [9.17, 15) is 4.79 Å². The second-order valence-electron chi connectivity index (χ2n) is 5.18. The number of amides is 1. The fourth-order valence-electron chi connectivity index (χ4n) is 2.15. The summed E-state index contributed by atoms with van der Waals surface area (Å²) in [4.78, 5) is 12.4. The van der Waals surface area contributed by atoms with Crippen LogP contribution in [0, 0.1) is 5.92 Å². The van der Waals surface area contributed by atoms with Crippen LogP contribution < -0.4 is 11.1 Å². The summed E-state index contributed by atoms with van der Waals surface area (Å²) < 4.78 is 0. The molecule has 0 radical (unpaired) electrons. The van der Waals surface area contributed by atoms with E-state index in [2.05, 4.69) is 36.7 Å². The molecule has 0 saturated carbocycles. The third-order valence-electron chi connectivity index (χ3n) is 3.28. The molecule has 3 nitrogen and oxygen atoms in total. The summed E-state index contributed by atoms with van der Waals surface area (Å²) in [5, 5.41) is 5.69. The summed E-state index contributed by atoms with van der Waals surface area (Å²) in [6, 6.07) is 12.0. The van der Waals surface area contributed by atoms with Crippen LogP contribution in [-0.2, 0) is 6.54 Å². The summed E-state index contributed by atoms with van der Waals surface area (Å²) in [7, 11) is 0. The smallest absolute Gasteiger partial charge is 0.248 e. The van der Waals surface area contributed by atoms with E-state index < -0.39 is 0 Å². The SMILES string of the molecule is CC(C)[C@H](NCc1ccc(C(N)=O)cc1)c1cccs1. The molecule has 0 unspecified atom stereocenters. The van der Waals surface area contributed by atoms with Gasteiger partial charge in [0.05, 0.1) is 0 Å². The lowest BCUT2D eigenvalue weighted by molar-refractivity contribution is 0.100. The van der Waals surface area contributed by atoms with Crippen molar-refractivity contribution < 1.29 is 4.79 Å². The van der Waals surface area contributed by atoms with Gasteiger partial charge >= 0.3 is 0 Å². The van der Waals surface area contributed by atoms with Gasteiger partial charge in [-0.05, 0) is 35.1 Å². The van der Waals surface area contributed by atoms with E-state index in [0.717, 1.165) is 12.1 Å². The van der Waals surface area contributed by atoms with Crippen molar-refractivity contribution in [2.75, 3.05) is 0 Å². The second-order valence-corrected chi connectivity index (χ2v) is 6.16. The minimum absolute atomic E-state index is 0.353. The van der Waals surface area contributed by atoms with Gasteiger partial charge in [0, 0.05) is 23.0 Å². The molecule has 4 heteroatoms. The lowest BCUT2D eigenvalue weighted by atomic mass is 10.0. The average molecular weight is 288 g/mol. The standard InChI is InChI=1S/C16H20N2OS/c1-11(2)15(14-4-3-9-20-14)18-10-12-5-7-13(8-6-12)16(17)19/h3-9,11,15,18H,10H2,1-2H3,(H2,17,19)/t15-/m0/s1. The number of carbonyl (C=O) groups excluding carboxylic acids is 1. The van der Waals surface area contributed by atoms with Crippen LogP contribution in [0.2, 0.25) is 0 Å².